The third-order valence-electron chi connectivity index (χ3n) is 4.30. The van der Waals surface area contributed by atoms with Gasteiger partial charge in [0.05, 0.1) is 0 Å². The third kappa shape index (κ3) is 3.65. The van der Waals surface area contributed by atoms with E-state index in [4.69, 9.17) is 5.73 Å². The van der Waals surface area contributed by atoms with Gasteiger partial charge in [0.2, 0.25) is 11.8 Å². The van der Waals surface area contributed by atoms with Crippen LogP contribution in [-0.2, 0) is 9.59 Å². The molecule has 0 spiro atoms. The number of benzene rings is 1. The number of carbonyl (C=O) groups is 2. The Bertz CT molecular complexity index is 531. The molecule has 5 heteroatoms. The van der Waals surface area contributed by atoms with Gasteiger partial charge in [0.1, 0.15) is 6.04 Å². The first-order valence-electron chi connectivity index (χ1n) is 7.72. The van der Waals surface area contributed by atoms with Crippen LogP contribution >= 0.6 is 0 Å². The zero-order valence-corrected chi connectivity index (χ0v) is 13.6. The van der Waals surface area contributed by atoms with E-state index >= 15 is 0 Å². The maximum atomic E-state index is 12.5. The summed E-state index contributed by atoms with van der Waals surface area (Å²) < 4.78 is 0. The lowest BCUT2D eigenvalue weighted by atomic mass is 9.94. The quantitative estimate of drug-likeness (QED) is 0.916. The number of rotatable bonds is 3. The summed E-state index contributed by atoms with van der Waals surface area (Å²) in [5.74, 6) is 0.115. The third-order valence-corrected chi connectivity index (χ3v) is 4.30. The second-order valence-electron chi connectivity index (χ2n) is 6.22. The fourth-order valence-corrected chi connectivity index (χ4v) is 2.83. The molecule has 1 aromatic rings. The SMILES string of the molecule is Cc1ccc(C(N)C(=O)N2CCC(C(=O)N(C)C)CC2)cc1. The highest BCUT2D eigenvalue weighted by Crippen LogP contribution is 2.22. The van der Waals surface area contributed by atoms with E-state index in [1.807, 2.05) is 31.2 Å². The largest absolute Gasteiger partial charge is 0.349 e. The number of carbonyl (C=O) groups excluding carboxylic acids is 2. The highest BCUT2D eigenvalue weighted by atomic mass is 16.2. The molecule has 0 saturated carbocycles. The van der Waals surface area contributed by atoms with Crippen LogP contribution < -0.4 is 5.73 Å². The molecule has 1 aliphatic rings. The molecule has 1 unspecified atom stereocenters. The topological polar surface area (TPSA) is 66.6 Å². The molecule has 120 valence electrons. The van der Waals surface area contributed by atoms with Gasteiger partial charge in [-0.3, -0.25) is 9.59 Å². The van der Waals surface area contributed by atoms with E-state index in [0.717, 1.165) is 11.1 Å². The van der Waals surface area contributed by atoms with Crippen molar-refractivity contribution in [3.05, 3.63) is 35.4 Å². The van der Waals surface area contributed by atoms with E-state index in [1.165, 1.54) is 0 Å². The summed E-state index contributed by atoms with van der Waals surface area (Å²) >= 11 is 0. The lowest BCUT2D eigenvalue weighted by molar-refractivity contribution is -0.139. The summed E-state index contributed by atoms with van der Waals surface area (Å²) in [6, 6.07) is 7.11. The highest BCUT2D eigenvalue weighted by molar-refractivity contribution is 5.84. The number of nitrogens with zero attached hydrogens (tertiary/aromatic N) is 2. The Morgan fingerprint density at radius 1 is 1.18 bits per heavy atom. The van der Waals surface area contributed by atoms with Crippen molar-refractivity contribution in [2.45, 2.75) is 25.8 Å². The van der Waals surface area contributed by atoms with Crippen LogP contribution in [0.25, 0.3) is 0 Å². The maximum absolute atomic E-state index is 12.5. The molecule has 1 fully saturated rings. The van der Waals surface area contributed by atoms with Gasteiger partial charge in [-0.05, 0) is 25.3 Å². The van der Waals surface area contributed by atoms with Crippen molar-refractivity contribution in [2.24, 2.45) is 11.7 Å². The average Bonchev–Trinajstić information content (AvgIpc) is 2.53. The molecule has 1 aromatic carbocycles. The second-order valence-corrected chi connectivity index (χ2v) is 6.22. The summed E-state index contributed by atoms with van der Waals surface area (Å²) in [4.78, 5) is 27.9. The maximum Gasteiger partial charge on any atom is 0.244 e. The van der Waals surface area contributed by atoms with Crippen LogP contribution in [0.4, 0.5) is 0 Å². The van der Waals surface area contributed by atoms with E-state index in [2.05, 4.69) is 0 Å². The molecule has 1 heterocycles. The summed E-state index contributed by atoms with van der Waals surface area (Å²) in [5, 5.41) is 0. The fraction of sp³-hybridized carbons (Fsp3) is 0.529. The van der Waals surface area contributed by atoms with Gasteiger partial charge in [-0.25, -0.2) is 0 Å². The first-order chi connectivity index (χ1) is 10.4. The molecule has 2 rings (SSSR count). The summed E-state index contributed by atoms with van der Waals surface area (Å²) in [6.07, 6.45) is 1.42. The van der Waals surface area contributed by atoms with Gasteiger partial charge in [-0.2, -0.15) is 0 Å². The minimum atomic E-state index is -0.623. The molecule has 0 aromatic heterocycles. The molecule has 2 N–H and O–H groups in total. The summed E-state index contributed by atoms with van der Waals surface area (Å²) in [5.41, 5.74) is 8.08. The Hall–Kier alpha value is -1.88. The van der Waals surface area contributed by atoms with E-state index < -0.39 is 6.04 Å². The van der Waals surface area contributed by atoms with Crippen LogP contribution in [-0.4, -0.2) is 48.8 Å². The number of piperidine rings is 1. The molecule has 2 amide bonds. The molecule has 5 nitrogen and oxygen atoms in total. The van der Waals surface area contributed by atoms with Crippen LogP contribution in [0.15, 0.2) is 24.3 Å². The van der Waals surface area contributed by atoms with Crippen LogP contribution in [0.3, 0.4) is 0 Å². The molecule has 1 atom stereocenters. The number of amides is 2. The van der Waals surface area contributed by atoms with Gasteiger partial charge in [0.15, 0.2) is 0 Å². The van der Waals surface area contributed by atoms with Crippen LogP contribution in [0, 0.1) is 12.8 Å². The van der Waals surface area contributed by atoms with Crippen LogP contribution in [0.5, 0.6) is 0 Å². The summed E-state index contributed by atoms with van der Waals surface area (Å²) in [7, 11) is 3.54. The zero-order valence-electron chi connectivity index (χ0n) is 13.6. The number of nitrogens with two attached hydrogens (primary N) is 1. The van der Waals surface area contributed by atoms with Gasteiger partial charge < -0.3 is 15.5 Å². The molecule has 1 saturated heterocycles. The Labute approximate surface area is 132 Å². The van der Waals surface area contributed by atoms with Gasteiger partial charge in [0, 0.05) is 33.1 Å². The standard InChI is InChI=1S/C17H25N3O2/c1-12-4-6-13(7-5-12)15(18)17(22)20-10-8-14(9-11-20)16(21)19(2)3/h4-7,14-15H,8-11,18H2,1-3H3. The molecular weight excluding hydrogens is 278 g/mol. The second kappa shape index (κ2) is 6.92. The van der Waals surface area contributed by atoms with Gasteiger partial charge in [0.25, 0.3) is 0 Å². The Kier molecular flexibility index (Phi) is 5.19. The average molecular weight is 303 g/mol. The molecule has 0 radical (unpaired) electrons. The van der Waals surface area contributed by atoms with E-state index in [9.17, 15) is 9.59 Å². The first kappa shape index (κ1) is 16.5. The molecule has 1 aliphatic heterocycles. The lowest BCUT2D eigenvalue weighted by Crippen LogP contribution is -2.45. The minimum absolute atomic E-state index is 0.0228. The monoisotopic (exact) mass is 303 g/mol. The molecule has 0 aliphatic carbocycles. The predicted octanol–water partition coefficient (Wildman–Crippen LogP) is 1.32. The van der Waals surface area contributed by atoms with Crippen molar-refractivity contribution >= 4 is 11.8 Å². The first-order valence-corrected chi connectivity index (χ1v) is 7.72. The minimum Gasteiger partial charge on any atom is -0.349 e. The number of aryl methyl sites for hydroxylation is 1. The van der Waals surface area contributed by atoms with Crippen LogP contribution in [0.1, 0.15) is 30.0 Å². The van der Waals surface area contributed by atoms with E-state index in [-0.39, 0.29) is 17.7 Å². The van der Waals surface area contributed by atoms with E-state index in [1.54, 1.807) is 23.9 Å². The zero-order chi connectivity index (χ0) is 16.3. The van der Waals surface area contributed by atoms with Crippen molar-refractivity contribution in [1.29, 1.82) is 0 Å². The van der Waals surface area contributed by atoms with Gasteiger partial charge in [-0.15, -0.1) is 0 Å². The molecular formula is C17H25N3O2. The number of hydrogen-bond acceptors (Lipinski definition) is 3. The van der Waals surface area contributed by atoms with Gasteiger partial charge in [-0.1, -0.05) is 29.8 Å². The molecule has 22 heavy (non-hydrogen) atoms. The normalized spacial score (nSPS) is 17.2. The van der Waals surface area contributed by atoms with Crippen molar-refractivity contribution in [1.82, 2.24) is 9.80 Å². The van der Waals surface area contributed by atoms with Crippen molar-refractivity contribution in [3.8, 4) is 0 Å². The lowest BCUT2D eigenvalue weighted by Gasteiger charge is -2.33. The Morgan fingerprint density at radius 3 is 2.23 bits per heavy atom. The smallest absolute Gasteiger partial charge is 0.244 e. The molecule has 0 bridgehead atoms. The highest BCUT2D eigenvalue weighted by Gasteiger charge is 2.30. The van der Waals surface area contributed by atoms with E-state index in [0.29, 0.717) is 25.9 Å². The van der Waals surface area contributed by atoms with Crippen LogP contribution in [0.2, 0.25) is 0 Å². The number of hydrogen-bond donors (Lipinski definition) is 1. The van der Waals surface area contributed by atoms with Crippen molar-refractivity contribution in [2.75, 3.05) is 27.2 Å². The fourth-order valence-electron chi connectivity index (χ4n) is 2.83. The van der Waals surface area contributed by atoms with Crippen molar-refractivity contribution in [3.63, 3.8) is 0 Å². The predicted molar refractivity (Wildman–Crippen MR) is 86.1 cm³/mol. The summed E-state index contributed by atoms with van der Waals surface area (Å²) in [6.45, 7) is 3.20. The Morgan fingerprint density at radius 2 is 1.73 bits per heavy atom. The Balaban J connectivity index is 1.94. The number of likely N-dealkylation sites (tertiary alicyclic amines) is 1. The van der Waals surface area contributed by atoms with Crippen molar-refractivity contribution < 1.29 is 9.59 Å². The van der Waals surface area contributed by atoms with Gasteiger partial charge >= 0.3 is 0 Å².